The normalized spacial score (nSPS) is 20.2. The van der Waals surface area contributed by atoms with Gasteiger partial charge in [-0.2, -0.15) is 0 Å². The number of hydrogen-bond donors (Lipinski definition) is 1. The number of hydrogen-bond acceptors (Lipinski definition) is 4. The van der Waals surface area contributed by atoms with Crippen LogP contribution in [-0.2, 0) is 4.79 Å². The number of nitrogens with zero attached hydrogens (tertiary/aromatic N) is 3. The molecule has 0 aliphatic carbocycles. The SMILES string of the molecule is CC(=O)NC1CN(c2ncnc(C)c2C)CC1c1ccc(C)cc1. The standard InChI is InChI=1S/C19H24N4O/c1-12-5-7-16(8-6-12)17-9-23(10-18(17)22-15(4)24)19-13(2)14(3)20-11-21-19/h5-8,11,17-18H,9-10H2,1-4H3,(H,22,24). The predicted octanol–water partition coefficient (Wildman–Crippen LogP) is 2.51. The minimum Gasteiger partial charge on any atom is -0.354 e. The number of carbonyl (C=O) groups is 1. The van der Waals surface area contributed by atoms with Crippen molar-refractivity contribution in [3.8, 4) is 0 Å². The lowest BCUT2D eigenvalue weighted by Gasteiger charge is -2.20. The first-order valence-electron chi connectivity index (χ1n) is 8.32. The maximum Gasteiger partial charge on any atom is 0.217 e. The minimum atomic E-state index is 0.00884. The number of aromatic nitrogens is 2. The van der Waals surface area contributed by atoms with E-state index in [1.54, 1.807) is 13.3 Å². The van der Waals surface area contributed by atoms with Crippen LogP contribution in [-0.4, -0.2) is 35.0 Å². The van der Waals surface area contributed by atoms with E-state index in [9.17, 15) is 4.79 Å². The zero-order valence-electron chi connectivity index (χ0n) is 14.7. The van der Waals surface area contributed by atoms with Crippen molar-refractivity contribution in [3.05, 3.63) is 53.0 Å². The van der Waals surface area contributed by atoms with Gasteiger partial charge < -0.3 is 10.2 Å². The van der Waals surface area contributed by atoms with E-state index in [1.807, 2.05) is 6.92 Å². The van der Waals surface area contributed by atoms with Gasteiger partial charge in [0.05, 0.1) is 6.04 Å². The molecule has 1 fully saturated rings. The van der Waals surface area contributed by atoms with Crippen LogP contribution in [0.5, 0.6) is 0 Å². The summed E-state index contributed by atoms with van der Waals surface area (Å²) < 4.78 is 0. The van der Waals surface area contributed by atoms with Crippen molar-refractivity contribution < 1.29 is 4.79 Å². The molecule has 2 atom stereocenters. The summed E-state index contributed by atoms with van der Waals surface area (Å²) in [5.74, 6) is 1.23. The quantitative estimate of drug-likeness (QED) is 0.942. The Hall–Kier alpha value is -2.43. The van der Waals surface area contributed by atoms with Crippen LogP contribution < -0.4 is 10.2 Å². The summed E-state index contributed by atoms with van der Waals surface area (Å²) >= 11 is 0. The van der Waals surface area contributed by atoms with Gasteiger partial charge in [0.1, 0.15) is 12.1 Å². The molecule has 2 heterocycles. The Morgan fingerprint density at radius 1 is 1.12 bits per heavy atom. The lowest BCUT2D eigenvalue weighted by molar-refractivity contribution is -0.119. The summed E-state index contributed by atoms with van der Waals surface area (Å²) in [6, 6.07) is 8.67. The van der Waals surface area contributed by atoms with E-state index in [4.69, 9.17) is 0 Å². The molecule has 1 N–H and O–H groups in total. The van der Waals surface area contributed by atoms with Crippen LogP contribution in [0, 0.1) is 20.8 Å². The average Bonchev–Trinajstić information content (AvgIpc) is 2.93. The average molecular weight is 324 g/mol. The van der Waals surface area contributed by atoms with Crippen molar-refractivity contribution in [2.24, 2.45) is 0 Å². The van der Waals surface area contributed by atoms with Gasteiger partial charge >= 0.3 is 0 Å². The van der Waals surface area contributed by atoms with Crippen molar-refractivity contribution in [2.45, 2.75) is 39.7 Å². The van der Waals surface area contributed by atoms with Gasteiger partial charge in [0.2, 0.25) is 5.91 Å². The smallest absolute Gasteiger partial charge is 0.217 e. The second kappa shape index (κ2) is 6.59. The van der Waals surface area contributed by atoms with Gasteiger partial charge in [0.25, 0.3) is 0 Å². The Kier molecular flexibility index (Phi) is 4.51. The van der Waals surface area contributed by atoms with Crippen molar-refractivity contribution in [3.63, 3.8) is 0 Å². The molecule has 126 valence electrons. The van der Waals surface area contributed by atoms with Crippen molar-refractivity contribution >= 4 is 11.7 Å². The summed E-state index contributed by atoms with van der Waals surface area (Å²) in [5.41, 5.74) is 4.59. The van der Waals surface area contributed by atoms with Crippen molar-refractivity contribution in [1.82, 2.24) is 15.3 Å². The van der Waals surface area contributed by atoms with Gasteiger partial charge in [0.15, 0.2) is 0 Å². The predicted molar refractivity (Wildman–Crippen MR) is 95.2 cm³/mol. The molecule has 1 aromatic carbocycles. The largest absolute Gasteiger partial charge is 0.354 e. The van der Waals surface area contributed by atoms with Crippen LogP contribution in [0.2, 0.25) is 0 Å². The zero-order valence-corrected chi connectivity index (χ0v) is 14.7. The van der Waals surface area contributed by atoms with Gasteiger partial charge in [-0.05, 0) is 26.3 Å². The molecule has 3 rings (SSSR count). The van der Waals surface area contributed by atoms with Gasteiger partial charge in [0, 0.05) is 37.2 Å². The first-order valence-corrected chi connectivity index (χ1v) is 8.32. The number of benzene rings is 1. The maximum atomic E-state index is 11.6. The highest BCUT2D eigenvalue weighted by molar-refractivity contribution is 5.73. The monoisotopic (exact) mass is 324 g/mol. The Labute approximate surface area is 143 Å². The molecule has 1 aliphatic heterocycles. The molecule has 5 heteroatoms. The van der Waals surface area contributed by atoms with Crippen molar-refractivity contribution in [2.75, 3.05) is 18.0 Å². The summed E-state index contributed by atoms with van der Waals surface area (Å²) in [5, 5.41) is 3.11. The second-order valence-corrected chi connectivity index (χ2v) is 6.64. The number of carbonyl (C=O) groups excluding carboxylic acids is 1. The molecule has 24 heavy (non-hydrogen) atoms. The number of anilines is 1. The molecular weight excluding hydrogens is 300 g/mol. The van der Waals surface area contributed by atoms with Crippen LogP contribution in [0.4, 0.5) is 5.82 Å². The van der Waals surface area contributed by atoms with Crippen molar-refractivity contribution in [1.29, 1.82) is 0 Å². The fourth-order valence-corrected chi connectivity index (χ4v) is 3.38. The molecule has 5 nitrogen and oxygen atoms in total. The molecule has 1 aliphatic rings. The van der Waals surface area contributed by atoms with E-state index >= 15 is 0 Å². The first kappa shape index (κ1) is 16.4. The zero-order chi connectivity index (χ0) is 17.3. The fraction of sp³-hybridized carbons (Fsp3) is 0.421. The Bertz CT molecular complexity index is 742. The summed E-state index contributed by atoms with van der Waals surface area (Å²) in [7, 11) is 0. The van der Waals surface area contributed by atoms with Gasteiger partial charge in [-0.3, -0.25) is 4.79 Å². The van der Waals surface area contributed by atoms with Crippen LogP contribution in [0.15, 0.2) is 30.6 Å². The van der Waals surface area contributed by atoms with E-state index in [1.165, 1.54) is 11.1 Å². The first-order chi connectivity index (χ1) is 11.5. The molecule has 2 unspecified atom stereocenters. The van der Waals surface area contributed by atoms with E-state index in [0.29, 0.717) is 0 Å². The Balaban J connectivity index is 1.91. The van der Waals surface area contributed by atoms with E-state index in [2.05, 4.69) is 58.3 Å². The van der Waals surface area contributed by atoms with E-state index in [0.717, 1.165) is 30.2 Å². The van der Waals surface area contributed by atoms with E-state index < -0.39 is 0 Å². The second-order valence-electron chi connectivity index (χ2n) is 6.64. The minimum absolute atomic E-state index is 0.00884. The topological polar surface area (TPSA) is 58.1 Å². The molecule has 0 spiro atoms. The third-order valence-corrected chi connectivity index (χ3v) is 4.82. The van der Waals surface area contributed by atoms with E-state index in [-0.39, 0.29) is 17.9 Å². The lowest BCUT2D eigenvalue weighted by atomic mass is 9.93. The molecule has 0 radical (unpaired) electrons. The molecule has 0 saturated carbocycles. The molecule has 0 bridgehead atoms. The Morgan fingerprint density at radius 2 is 1.83 bits per heavy atom. The van der Waals surface area contributed by atoms with Crippen LogP contribution >= 0.6 is 0 Å². The van der Waals surface area contributed by atoms with Crippen LogP contribution in [0.25, 0.3) is 0 Å². The number of nitrogens with one attached hydrogen (secondary N) is 1. The molecule has 1 saturated heterocycles. The lowest BCUT2D eigenvalue weighted by Crippen LogP contribution is -2.38. The molecule has 1 amide bonds. The highest BCUT2D eigenvalue weighted by Gasteiger charge is 2.35. The Morgan fingerprint density at radius 3 is 2.50 bits per heavy atom. The summed E-state index contributed by atoms with van der Waals surface area (Å²) in [4.78, 5) is 22.6. The third-order valence-electron chi connectivity index (χ3n) is 4.82. The molecule has 2 aromatic rings. The fourth-order valence-electron chi connectivity index (χ4n) is 3.38. The maximum absolute atomic E-state index is 11.6. The summed E-state index contributed by atoms with van der Waals surface area (Å²) in [6.07, 6.45) is 1.62. The highest BCUT2D eigenvalue weighted by Crippen LogP contribution is 2.32. The number of aryl methyl sites for hydroxylation is 2. The molecular formula is C19H24N4O. The van der Waals surface area contributed by atoms with Crippen LogP contribution in [0.3, 0.4) is 0 Å². The van der Waals surface area contributed by atoms with Gasteiger partial charge in [-0.25, -0.2) is 9.97 Å². The van der Waals surface area contributed by atoms with Gasteiger partial charge in [-0.1, -0.05) is 29.8 Å². The summed E-state index contributed by atoms with van der Waals surface area (Å²) in [6.45, 7) is 9.31. The number of amides is 1. The molecule has 1 aromatic heterocycles. The third kappa shape index (κ3) is 3.25. The van der Waals surface area contributed by atoms with Gasteiger partial charge in [-0.15, -0.1) is 0 Å². The number of rotatable bonds is 3. The highest BCUT2D eigenvalue weighted by atomic mass is 16.1. The van der Waals surface area contributed by atoms with Crippen LogP contribution in [0.1, 0.15) is 35.2 Å².